The van der Waals surface area contributed by atoms with Crippen molar-refractivity contribution in [1.29, 1.82) is 0 Å². The van der Waals surface area contributed by atoms with Crippen LogP contribution in [0.15, 0.2) is 60.8 Å². The molecule has 0 spiro atoms. The summed E-state index contributed by atoms with van der Waals surface area (Å²) in [5.74, 6) is -0.905. The van der Waals surface area contributed by atoms with Crippen LogP contribution in [0.25, 0.3) is 0 Å². The molecule has 1 unspecified atom stereocenters. The second kappa shape index (κ2) is 54.7. The zero-order valence-electron chi connectivity index (χ0n) is 43.7. The van der Waals surface area contributed by atoms with Crippen LogP contribution in [-0.2, 0) is 28.6 Å². The highest BCUT2D eigenvalue weighted by Crippen LogP contribution is 2.15. The molecule has 0 heterocycles. The standard InChI is InChI=1S/C60H106O6/c1-4-7-10-13-16-19-22-25-27-29-31-33-35-38-41-44-47-50-53-59(62)65-56-57(55-64-58(61)52-49-46-43-40-37-24-21-18-15-12-9-6-3)66-60(63)54-51-48-45-42-39-36-34-32-30-28-26-23-20-17-14-11-8-5-2/h16,19,22,25,27,29,31-34,57H,4-15,17-18,20-21,23-24,26,28,30,35-56H2,1-3H3/b19-16-,25-22-,29-27-,33-31-,34-32-. The van der Waals surface area contributed by atoms with Crippen LogP contribution in [0, 0.1) is 0 Å². The summed E-state index contributed by atoms with van der Waals surface area (Å²) >= 11 is 0. The van der Waals surface area contributed by atoms with Crippen molar-refractivity contribution in [3.63, 3.8) is 0 Å². The van der Waals surface area contributed by atoms with Crippen LogP contribution in [0.1, 0.15) is 284 Å². The second-order valence-corrected chi connectivity index (χ2v) is 18.9. The van der Waals surface area contributed by atoms with Crippen LogP contribution < -0.4 is 0 Å². The van der Waals surface area contributed by atoms with Gasteiger partial charge in [-0.2, -0.15) is 0 Å². The fraction of sp³-hybridized carbons (Fsp3) is 0.783. The van der Waals surface area contributed by atoms with Crippen molar-refractivity contribution >= 4 is 17.9 Å². The molecule has 0 aliphatic heterocycles. The molecule has 0 aromatic carbocycles. The molecule has 0 saturated carbocycles. The Morgan fingerprint density at radius 3 is 0.924 bits per heavy atom. The van der Waals surface area contributed by atoms with Gasteiger partial charge in [-0.15, -0.1) is 0 Å². The van der Waals surface area contributed by atoms with Crippen LogP contribution in [0.2, 0.25) is 0 Å². The monoisotopic (exact) mass is 923 g/mol. The van der Waals surface area contributed by atoms with Crippen LogP contribution in [0.5, 0.6) is 0 Å². The maximum Gasteiger partial charge on any atom is 0.306 e. The number of ether oxygens (including phenoxy) is 3. The fourth-order valence-corrected chi connectivity index (χ4v) is 8.04. The van der Waals surface area contributed by atoms with Crippen molar-refractivity contribution < 1.29 is 28.6 Å². The molecule has 382 valence electrons. The van der Waals surface area contributed by atoms with Gasteiger partial charge in [-0.1, -0.05) is 255 Å². The van der Waals surface area contributed by atoms with Gasteiger partial charge in [-0.05, 0) is 70.6 Å². The van der Waals surface area contributed by atoms with Crippen molar-refractivity contribution in [3.05, 3.63) is 60.8 Å². The highest BCUT2D eigenvalue weighted by molar-refractivity contribution is 5.71. The maximum absolute atomic E-state index is 12.8. The number of rotatable bonds is 51. The van der Waals surface area contributed by atoms with E-state index in [9.17, 15) is 14.4 Å². The molecule has 0 aromatic heterocycles. The fourth-order valence-electron chi connectivity index (χ4n) is 8.04. The maximum atomic E-state index is 12.8. The Hall–Kier alpha value is -2.89. The lowest BCUT2D eigenvalue weighted by Crippen LogP contribution is -2.30. The molecule has 0 aliphatic rings. The number of hydrogen-bond donors (Lipinski definition) is 0. The SMILES string of the molecule is CCCCC\C=C/C=C\C=C/C=C\CCCCCCCC(=O)OCC(COC(=O)CCCCCCCCCCCCCC)OC(=O)CCCCCCC/C=C\CCCCCCCCCCC. The van der Waals surface area contributed by atoms with Gasteiger partial charge >= 0.3 is 17.9 Å². The first-order valence-electron chi connectivity index (χ1n) is 28.3. The minimum Gasteiger partial charge on any atom is -0.462 e. The average Bonchev–Trinajstić information content (AvgIpc) is 3.31. The number of carbonyl (C=O) groups excluding carboxylic acids is 3. The van der Waals surface area contributed by atoms with E-state index in [4.69, 9.17) is 14.2 Å². The minimum atomic E-state index is -0.786. The largest absolute Gasteiger partial charge is 0.462 e. The van der Waals surface area contributed by atoms with E-state index in [1.54, 1.807) is 0 Å². The summed E-state index contributed by atoms with van der Waals surface area (Å²) in [5.41, 5.74) is 0. The van der Waals surface area contributed by atoms with E-state index in [1.807, 2.05) is 0 Å². The summed E-state index contributed by atoms with van der Waals surface area (Å²) in [5, 5.41) is 0. The number of allylic oxidation sites excluding steroid dienone is 10. The van der Waals surface area contributed by atoms with Crippen molar-refractivity contribution in [1.82, 2.24) is 0 Å². The smallest absolute Gasteiger partial charge is 0.306 e. The number of carbonyl (C=O) groups is 3. The average molecular weight is 924 g/mol. The Kier molecular flexibility index (Phi) is 52.3. The third-order valence-corrected chi connectivity index (χ3v) is 12.3. The quantitative estimate of drug-likeness (QED) is 0.0199. The molecule has 66 heavy (non-hydrogen) atoms. The van der Waals surface area contributed by atoms with Gasteiger partial charge < -0.3 is 14.2 Å². The van der Waals surface area contributed by atoms with Gasteiger partial charge in [0.2, 0.25) is 0 Å². The van der Waals surface area contributed by atoms with E-state index in [-0.39, 0.29) is 31.1 Å². The van der Waals surface area contributed by atoms with Gasteiger partial charge in [0, 0.05) is 19.3 Å². The van der Waals surface area contributed by atoms with E-state index in [0.717, 1.165) is 96.3 Å². The third kappa shape index (κ3) is 52.1. The predicted octanol–water partition coefficient (Wildman–Crippen LogP) is 18.8. The first kappa shape index (κ1) is 63.1. The van der Waals surface area contributed by atoms with Crippen molar-refractivity contribution in [2.24, 2.45) is 0 Å². The van der Waals surface area contributed by atoms with Crippen molar-refractivity contribution in [2.75, 3.05) is 13.2 Å². The zero-order valence-corrected chi connectivity index (χ0v) is 43.7. The zero-order chi connectivity index (χ0) is 47.9. The lowest BCUT2D eigenvalue weighted by Gasteiger charge is -2.18. The lowest BCUT2D eigenvalue weighted by atomic mass is 10.0. The van der Waals surface area contributed by atoms with Crippen molar-refractivity contribution in [3.8, 4) is 0 Å². The highest BCUT2D eigenvalue weighted by Gasteiger charge is 2.19. The topological polar surface area (TPSA) is 78.9 Å². The second-order valence-electron chi connectivity index (χ2n) is 18.9. The van der Waals surface area contributed by atoms with E-state index in [1.165, 1.54) is 148 Å². The van der Waals surface area contributed by atoms with E-state index in [2.05, 4.69) is 81.5 Å². The molecule has 0 radical (unpaired) electrons. The van der Waals surface area contributed by atoms with Crippen LogP contribution in [-0.4, -0.2) is 37.2 Å². The van der Waals surface area contributed by atoms with E-state index in [0.29, 0.717) is 19.3 Å². The first-order valence-corrected chi connectivity index (χ1v) is 28.3. The molecular formula is C60H106O6. The lowest BCUT2D eigenvalue weighted by molar-refractivity contribution is -0.167. The number of unbranched alkanes of at least 4 members (excludes halogenated alkanes) is 33. The Labute approximate surface area is 409 Å². The summed E-state index contributed by atoms with van der Waals surface area (Å²) in [6, 6.07) is 0. The number of esters is 3. The molecule has 6 heteroatoms. The summed E-state index contributed by atoms with van der Waals surface area (Å²) < 4.78 is 16.8. The van der Waals surface area contributed by atoms with Gasteiger partial charge in [-0.25, -0.2) is 0 Å². The van der Waals surface area contributed by atoms with E-state index >= 15 is 0 Å². The minimum absolute atomic E-state index is 0.0831. The molecule has 0 saturated heterocycles. The Morgan fingerprint density at radius 1 is 0.303 bits per heavy atom. The van der Waals surface area contributed by atoms with Gasteiger partial charge in [0.1, 0.15) is 13.2 Å². The van der Waals surface area contributed by atoms with Gasteiger partial charge in [-0.3, -0.25) is 14.4 Å². The summed E-state index contributed by atoms with van der Waals surface area (Å²) in [6.07, 6.45) is 67.7. The summed E-state index contributed by atoms with van der Waals surface area (Å²) in [4.78, 5) is 38.1. The molecule has 0 aromatic rings. The van der Waals surface area contributed by atoms with Gasteiger partial charge in [0.25, 0.3) is 0 Å². The predicted molar refractivity (Wildman–Crippen MR) is 284 cm³/mol. The normalized spacial score (nSPS) is 12.5. The number of hydrogen-bond acceptors (Lipinski definition) is 6. The van der Waals surface area contributed by atoms with Crippen LogP contribution in [0.3, 0.4) is 0 Å². The van der Waals surface area contributed by atoms with Gasteiger partial charge in [0.15, 0.2) is 6.10 Å². The first-order chi connectivity index (χ1) is 32.5. The summed E-state index contributed by atoms with van der Waals surface area (Å²) in [7, 11) is 0. The molecule has 0 bridgehead atoms. The Balaban J connectivity index is 4.41. The molecular weight excluding hydrogens is 817 g/mol. The molecule has 0 fully saturated rings. The van der Waals surface area contributed by atoms with E-state index < -0.39 is 6.10 Å². The Bertz CT molecular complexity index is 1200. The third-order valence-electron chi connectivity index (χ3n) is 12.3. The van der Waals surface area contributed by atoms with Crippen LogP contribution >= 0.6 is 0 Å². The van der Waals surface area contributed by atoms with Gasteiger partial charge in [0.05, 0.1) is 0 Å². The highest BCUT2D eigenvalue weighted by atomic mass is 16.6. The molecule has 0 aliphatic carbocycles. The Morgan fingerprint density at radius 2 is 0.561 bits per heavy atom. The van der Waals surface area contributed by atoms with Crippen LogP contribution in [0.4, 0.5) is 0 Å². The molecule has 0 amide bonds. The molecule has 0 rings (SSSR count). The molecule has 6 nitrogen and oxygen atoms in total. The van der Waals surface area contributed by atoms with Crippen molar-refractivity contribution in [2.45, 2.75) is 290 Å². The molecule has 0 N–H and O–H groups in total. The molecule has 1 atom stereocenters. The summed E-state index contributed by atoms with van der Waals surface area (Å²) in [6.45, 7) is 6.59.